The number of pyridine rings is 1. The Morgan fingerprint density at radius 2 is 1.88 bits per heavy atom. The second-order valence-electron chi connectivity index (χ2n) is 10.4. The minimum atomic E-state index is -1.54. The molecule has 8 nitrogen and oxygen atoms in total. The van der Waals surface area contributed by atoms with Gasteiger partial charge in [-0.1, -0.05) is 35.9 Å². The summed E-state index contributed by atoms with van der Waals surface area (Å²) in [4.78, 5) is 30.2. The van der Waals surface area contributed by atoms with Crippen molar-refractivity contribution in [2.45, 2.75) is 51.9 Å². The van der Waals surface area contributed by atoms with Crippen molar-refractivity contribution in [3.05, 3.63) is 87.6 Å². The first-order valence-corrected chi connectivity index (χ1v) is 14.1. The minimum absolute atomic E-state index is 0.0538. The van der Waals surface area contributed by atoms with Crippen molar-refractivity contribution in [1.82, 2.24) is 20.0 Å². The molecular formula is C30H32BrClN4O4. The molecule has 1 atom stereocenters. The van der Waals surface area contributed by atoms with Crippen LogP contribution >= 0.6 is 27.5 Å². The van der Waals surface area contributed by atoms with Gasteiger partial charge in [-0.2, -0.15) is 0 Å². The van der Waals surface area contributed by atoms with Crippen LogP contribution in [0.15, 0.2) is 71.5 Å². The second kappa shape index (κ2) is 12.4. The minimum Gasteiger partial charge on any atom is -0.489 e. The molecule has 0 spiro atoms. The zero-order chi connectivity index (χ0) is 29.0. The van der Waals surface area contributed by atoms with Crippen molar-refractivity contribution in [3.63, 3.8) is 0 Å². The van der Waals surface area contributed by atoms with Crippen molar-refractivity contribution < 1.29 is 19.4 Å². The van der Waals surface area contributed by atoms with E-state index >= 15 is 0 Å². The van der Waals surface area contributed by atoms with Gasteiger partial charge in [0, 0.05) is 30.1 Å². The van der Waals surface area contributed by atoms with Gasteiger partial charge in [0.25, 0.3) is 11.8 Å². The maximum atomic E-state index is 13.1. The van der Waals surface area contributed by atoms with Crippen molar-refractivity contribution in [1.29, 1.82) is 0 Å². The fraction of sp³-hybridized carbons (Fsp3) is 0.300. The number of ether oxygens (including phenoxy) is 1. The summed E-state index contributed by atoms with van der Waals surface area (Å²) in [6, 6.07) is 16.2. The number of aromatic nitrogens is 2. The number of carbonyl (C=O) groups is 2. The highest BCUT2D eigenvalue weighted by Gasteiger charge is 2.25. The lowest BCUT2D eigenvalue weighted by Gasteiger charge is -2.23. The van der Waals surface area contributed by atoms with Crippen LogP contribution in [0.1, 0.15) is 43.6 Å². The number of nitrogens with zero attached hydrogens (tertiary/aromatic N) is 2. The number of benzene rings is 2. The Kier molecular flexibility index (Phi) is 9.18. The van der Waals surface area contributed by atoms with E-state index in [1.54, 1.807) is 18.2 Å². The van der Waals surface area contributed by atoms with Gasteiger partial charge in [-0.05, 0) is 85.9 Å². The zero-order valence-corrected chi connectivity index (χ0v) is 25.1. The first-order valence-electron chi connectivity index (χ1n) is 12.9. The summed E-state index contributed by atoms with van der Waals surface area (Å²) in [6.07, 6.45) is 4.30. The Bertz CT molecular complexity index is 1510. The zero-order valence-electron chi connectivity index (χ0n) is 22.7. The molecule has 2 aromatic heterocycles. The third-order valence-corrected chi connectivity index (χ3v) is 7.04. The van der Waals surface area contributed by atoms with E-state index in [1.165, 1.54) is 13.8 Å². The van der Waals surface area contributed by atoms with E-state index in [2.05, 4.69) is 26.6 Å². The number of hydrogen-bond acceptors (Lipinski definition) is 5. The molecule has 0 aliphatic carbocycles. The molecule has 210 valence electrons. The molecule has 0 bridgehead atoms. The highest BCUT2D eigenvalue weighted by atomic mass is 79.9. The number of rotatable bonds is 10. The summed E-state index contributed by atoms with van der Waals surface area (Å²) in [7, 11) is 0. The number of amides is 2. The Morgan fingerprint density at radius 3 is 2.50 bits per heavy atom. The van der Waals surface area contributed by atoms with Gasteiger partial charge in [0.15, 0.2) is 5.65 Å². The molecule has 2 aromatic carbocycles. The topological polar surface area (TPSA) is 105 Å². The molecule has 4 aromatic rings. The lowest BCUT2D eigenvalue weighted by molar-refractivity contribution is -0.136. The summed E-state index contributed by atoms with van der Waals surface area (Å²) in [5.41, 5.74) is 2.40. The Hall–Kier alpha value is -3.40. The van der Waals surface area contributed by atoms with E-state index < -0.39 is 17.6 Å². The molecule has 0 saturated carbocycles. The van der Waals surface area contributed by atoms with Crippen LogP contribution in [0.25, 0.3) is 16.9 Å². The summed E-state index contributed by atoms with van der Waals surface area (Å²) in [6.45, 7) is 6.74. The first kappa shape index (κ1) is 29.6. The van der Waals surface area contributed by atoms with Gasteiger partial charge in [0.2, 0.25) is 0 Å². The van der Waals surface area contributed by atoms with Crippen LogP contribution in [0.4, 0.5) is 0 Å². The molecule has 40 heavy (non-hydrogen) atoms. The third-order valence-electron chi connectivity index (χ3n) is 6.12. The molecular weight excluding hydrogens is 596 g/mol. The molecule has 0 unspecified atom stereocenters. The first-order chi connectivity index (χ1) is 18.9. The monoisotopic (exact) mass is 626 g/mol. The summed E-state index contributed by atoms with van der Waals surface area (Å²) in [5, 5.41) is 16.1. The molecule has 3 N–H and O–H groups in total. The Morgan fingerprint density at radius 1 is 1.15 bits per heavy atom. The van der Waals surface area contributed by atoms with E-state index in [9.17, 15) is 14.7 Å². The van der Waals surface area contributed by atoms with Crippen molar-refractivity contribution in [3.8, 4) is 17.0 Å². The average molecular weight is 628 g/mol. The number of carbonyl (C=O) groups excluding carboxylic acids is 2. The molecule has 0 fully saturated rings. The van der Waals surface area contributed by atoms with Gasteiger partial charge in [-0.3, -0.25) is 9.59 Å². The molecule has 0 saturated heterocycles. The van der Waals surface area contributed by atoms with Gasteiger partial charge in [-0.15, -0.1) is 0 Å². The predicted molar refractivity (Wildman–Crippen MR) is 160 cm³/mol. The standard InChI is InChI=1S/C30H32BrClN4O4/c1-18(2)40-26-12-11-21(15-24(26)32)28(37)34-22(16-33-29(38)30(3,4)39)14-19-7-9-20(10-8-19)25-17-36-13-5-6-23(31)27(36)35-25/h5-13,15,17-18,22,39H,14,16H2,1-4H3,(H,33,38)(H,34,37)/t22-/m0/s1. The normalized spacial score (nSPS) is 12.4. The van der Waals surface area contributed by atoms with Crippen LogP contribution in [0.3, 0.4) is 0 Å². The van der Waals surface area contributed by atoms with Crippen LogP contribution in [-0.4, -0.2) is 50.6 Å². The quantitative estimate of drug-likeness (QED) is 0.218. The number of fused-ring (bicyclic) bond motifs is 1. The SMILES string of the molecule is CC(C)Oc1ccc(C(=O)N[C@H](CNC(=O)C(C)(C)O)Cc2ccc(-c3cn4cccc(Br)c4n3)cc2)cc1Cl. The number of halogens is 2. The van der Waals surface area contributed by atoms with Crippen LogP contribution in [0.5, 0.6) is 5.75 Å². The highest BCUT2D eigenvalue weighted by molar-refractivity contribution is 9.10. The van der Waals surface area contributed by atoms with Gasteiger partial charge >= 0.3 is 0 Å². The van der Waals surface area contributed by atoms with Crippen molar-refractivity contribution in [2.24, 2.45) is 0 Å². The molecule has 0 aliphatic heterocycles. The largest absolute Gasteiger partial charge is 0.489 e. The Balaban J connectivity index is 1.51. The van der Waals surface area contributed by atoms with Gasteiger partial charge in [0.05, 0.1) is 27.3 Å². The molecule has 0 aliphatic rings. The molecule has 2 amide bonds. The molecule has 10 heteroatoms. The molecule has 0 radical (unpaired) electrons. The van der Waals surface area contributed by atoms with Gasteiger partial charge < -0.3 is 24.9 Å². The smallest absolute Gasteiger partial charge is 0.251 e. The predicted octanol–water partition coefficient (Wildman–Crippen LogP) is 5.43. The lowest BCUT2D eigenvalue weighted by Crippen LogP contribution is -2.49. The Labute approximate surface area is 246 Å². The van der Waals surface area contributed by atoms with Crippen molar-refractivity contribution in [2.75, 3.05) is 6.54 Å². The highest BCUT2D eigenvalue weighted by Crippen LogP contribution is 2.27. The number of imidazole rings is 1. The lowest BCUT2D eigenvalue weighted by atomic mass is 10.0. The van der Waals surface area contributed by atoms with Gasteiger partial charge in [-0.25, -0.2) is 4.98 Å². The number of nitrogens with one attached hydrogen (secondary N) is 2. The summed E-state index contributed by atoms with van der Waals surface area (Å²) in [5.74, 6) is -0.369. The van der Waals surface area contributed by atoms with E-state index in [0.29, 0.717) is 22.8 Å². The maximum Gasteiger partial charge on any atom is 0.251 e. The van der Waals surface area contributed by atoms with E-state index in [1.807, 2.05) is 67.0 Å². The number of aliphatic hydroxyl groups is 1. The summed E-state index contributed by atoms with van der Waals surface area (Å²) < 4.78 is 8.52. The van der Waals surface area contributed by atoms with E-state index in [0.717, 1.165) is 26.9 Å². The number of hydrogen-bond donors (Lipinski definition) is 3. The molecule has 2 heterocycles. The summed E-state index contributed by atoms with van der Waals surface area (Å²) >= 11 is 9.87. The van der Waals surface area contributed by atoms with Crippen LogP contribution < -0.4 is 15.4 Å². The maximum absolute atomic E-state index is 13.1. The van der Waals surface area contributed by atoms with Crippen LogP contribution in [0.2, 0.25) is 5.02 Å². The third kappa shape index (κ3) is 7.41. The van der Waals surface area contributed by atoms with Crippen molar-refractivity contribution >= 4 is 45.0 Å². The average Bonchev–Trinajstić information content (AvgIpc) is 3.33. The fourth-order valence-corrected chi connectivity index (χ4v) is 4.75. The van der Waals surface area contributed by atoms with E-state index in [4.69, 9.17) is 21.3 Å². The second-order valence-corrected chi connectivity index (χ2v) is 11.6. The van der Waals surface area contributed by atoms with Crippen LogP contribution in [0, 0.1) is 0 Å². The fourth-order valence-electron chi connectivity index (χ4n) is 4.08. The van der Waals surface area contributed by atoms with E-state index in [-0.39, 0.29) is 18.6 Å². The van der Waals surface area contributed by atoms with Crippen LogP contribution in [-0.2, 0) is 11.2 Å². The van der Waals surface area contributed by atoms with Gasteiger partial charge in [0.1, 0.15) is 11.4 Å². The molecule has 4 rings (SSSR count).